The zero-order valence-electron chi connectivity index (χ0n) is 16.0. The highest BCUT2D eigenvalue weighted by Crippen LogP contribution is 2.31. The molecule has 0 aromatic heterocycles. The van der Waals surface area contributed by atoms with E-state index in [1.165, 1.54) is 16.7 Å². The van der Waals surface area contributed by atoms with Gasteiger partial charge in [-0.3, -0.25) is 14.4 Å². The number of carbonyl (C=O) groups is 3. The van der Waals surface area contributed by atoms with E-state index in [9.17, 15) is 14.4 Å². The summed E-state index contributed by atoms with van der Waals surface area (Å²) in [6, 6.07) is 12.6. The minimum Gasteiger partial charge on any atom is -0.497 e. The van der Waals surface area contributed by atoms with Gasteiger partial charge in [-0.2, -0.15) is 0 Å². The number of imide groups is 1. The van der Waals surface area contributed by atoms with Crippen molar-refractivity contribution in [2.24, 2.45) is 0 Å². The van der Waals surface area contributed by atoms with Gasteiger partial charge in [0.05, 0.1) is 23.8 Å². The molecular weight excluding hydrogens is 376 g/mol. The van der Waals surface area contributed by atoms with Crippen LogP contribution in [0.1, 0.15) is 17.5 Å². The number of nitrogens with one attached hydrogen (secondary N) is 1. The summed E-state index contributed by atoms with van der Waals surface area (Å²) in [5.74, 6) is 0.0128. The van der Waals surface area contributed by atoms with Gasteiger partial charge in [-0.25, -0.2) is 4.90 Å². The number of aryl methyl sites for hydroxylation is 2. The van der Waals surface area contributed by atoms with E-state index < -0.39 is 5.25 Å². The van der Waals surface area contributed by atoms with Crippen LogP contribution in [0.25, 0.3) is 0 Å². The summed E-state index contributed by atoms with van der Waals surface area (Å²) in [6.45, 7) is 3.86. The molecule has 3 amide bonds. The monoisotopic (exact) mass is 398 g/mol. The predicted molar refractivity (Wildman–Crippen MR) is 111 cm³/mol. The van der Waals surface area contributed by atoms with Gasteiger partial charge in [0.15, 0.2) is 0 Å². The molecule has 3 rings (SSSR count). The first-order valence-electron chi connectivity index (χ1n) is 8.89. The van der Waals surface area contributed by atoms with E-state index >= 15 is 0 Å². The number of carbonyl (C=O) groups excluding carboxylic acids is 3. The summed E-state index contributed by atoms with van der Waals surface area (Å²) in [5.41, 5.74) is 3.27. The third kappa shape index (κ3) is 4.20. The second-order valence-corrected chi connectivity index (χ2v) is 7.78. The minimum absolute atomic E-state index is 0.0895. The maximum Gasteiger partial charge on any atom is 0.247 e. The quantitative estimate of drug-likeness (QED) is 0.756. The molecule has 28 heavy (non-hydrogen) atoms. The number of anilines is 2. The number of thioether (sulfide) groups is 1. The number of rotatable bonds is 6. The number of hydrogen-bond acceptors (Lipinski definition) is 5. The number of ether oxygens (including phenoxy) is 1. The molecule has 1 atom stereocenters. The van der Waals surface area contributed by atoms with Crippen molar-refractivity contribution in [3.63, 3.8) is 0 Å². The van der Waals surface area contributed by atoms with Crippen LogP contribution in [-0.2, 0) is 14.4 Å². The zero-order valence-corrected chi connectivity index (χ0v) is 16.8. The van der Waals surface area contributed by atoms with Gasteiger partial charge in [0.2, 0.25) is 17.7 Å². The van der Waals surface area contributed by atoms with E-state index in [4.69, 9.17) is 4.74 Å². The van der Waals surface area contributed by atoms with Crippen molar-refractivity contribution in [2.75, 3.05) is 23.1 Å². The molecule has 1 aliphatic heterocycles. The van der Waals surface area contributed by atoms with E-state index in [-0.39, 0.29) is 29.9 Å². The highest BCUT2D eigenvalue weighted by Gasteiger charge is 2.40. The highest BCUT2D eigenvalue weighted by molar-refractivity contribution is 8.01. The van der Waals surface area contributed by atoms with Crippen LogP contribution in [0.2, 0.25) is 0 Å². The van der Waals surface area contributed by atoms with Crippen molar-refractivity contribution in [3.05, 3.63) is 53.6 Å². The van der Waals surface area contributed by atoms with E-state index in [1.54, 1.807) is 31.4 Å². The molecule has 2 aromatic rings. The average molecular weight is 398 g/mol. The number of para-hydroxylation sites is 1. The van der Waals surface area contributed by atoms with Gasteiger partial charge in [-0.05, 0) is 49.2 Å². The Kier molecular flexibility index (Phi) is 6.04. The molecule has 1 heterocycles. The molecule has 146 valence electrons. The van der Waals surface area contributed by atoms with Crippen molar-refractivity contribution in [1.29, 1.82) is 0 Å². The summed E-state index contributed by atoms with van der Waals surface area (Å²) < 4.78 is 5.10. The third-order valence-electron chi connectivity index (χ3n) is 4.60. The van der Waals surface area contributed by atoms with Crippen LogP contribution in [0, 0.1) is 13.8 Å². The maximum absolute atomic E-state index is 12.7. The summed E-state index contributed by atoms with van der Waals surface area (Å²) in [5, 5.41) is 2.34. The van der Waals surface area contributed by atoms with Crippen LogP contribution in [-0.4, -0.2) is 35.8 Å². The molecule has 0 bridgehead atoms. The van der Waals surface area contributed by atoms with Gasteiger partial charge in [-0.15, -0.1) is 11.8 Å². The Morgan fingerprint density at radius 3 is 2.39 bits per heavy atom. The van der Waals surface area contributed by atoms with Gasteiger partial charge in [0, 0.05) is 12.1 Å². The van der Waals surface area contributed by atoms with Crippen molar-refractivity contribution < 1.29 is 19.1 Å². The van der Waals surface area contributed by atoms with Gasteiger partial charge < -0.3 is 10.1 Å². The number of methoxy groups -OCH3 is 1. The molecule has 7 heteroatoms. The molecule has 0 radical (unpaired) electrons. The van der Waals surface area contributed by atoms with E-state index in [0.717, 1.165) is 16.8 Å². The number of amides is 3. The molecule has 0 saturated carbocycles. The molecule has 1 aliphatic rings. The second kappa shape index (κ2) is 8.48. The molecule has 2 aromatic carbocycles. The van der Waals surface area contributed by atoms with Crippen LogP contribution in [0.3, 0.4) is 0 Å². The van der Waals surface area contributed by atoms with Crippen LogP contribution >= 0.6 is 11.8 Å². The molecule has 6 nitrogen and oxygen atoms in total. The molecule has 1 N–H and O–H groups in total. The Hall–Kier alpha value is -2.80. The topological polar surface area (TPSA) is 75.7 Å². The van der Waals surface area contributed by atoms with Crippen LogP contribution in [0.4, 0.5) is 11.4 Å². The largest absolute Gasteiger partial charge is 0.497 e. The van der Waals surface area contributed by atoms with E-state index in [1.807, 2.05) is 32.0 Å². The smallest absolute Gasteiger partial charge is 0.247 e. The summed E-state index contributed by atoms with van der Waals surface area (Å²) in [4.78, 5) is 38.5. The number of benzene rings is 2. The van der Waals surface area contributed by atoms with Gasteiger partial charge >= 0.3 is 0 Å². The molecular formula is C21H22N2O4S. The summed E-state index contributed by atoms with van der Waals surface area (Å²) in [6.07, 6.45) is 0.0895. The Balaban J connectivity index is 1.61. The Labute approximate surface area is 168 Å². The standard InChI is InChI=1S/C21H22N2O4S/c1-13-5-4-6-14(2)20(13)22-18(24)12-28-17-11-19(25)23(21(17)26)15-7-9-16(27-3)10-8-15/h4-10,17H,11-12H2,1-3H3,(H,22,24). The number of nitrogens with zero attached hydrogens (tertiary/aromatic N) is 1. The average Bonchev–Trinajstić information content (AvgIpc) is 2.96. The maximum atomic E-state index is 12.7. The normalized spacial score (nSPS) is 16.4. The van der Waals surface area contributed by atoms with Crippen LogP contribution in [0.15, 0.2) is 42.5 Å². The fourth-order valence-corrected chi connectivity index (χ4v) is 4.03. The fourth-order valence-electron chi connectivity index (χ4n) is 3.10. The predicted octanol–water partition coefficient (Wildman–Crippen LogP) is 3.32. The van der Waals surface area contributed by atoms with Crippen molar-refractivity contribution >= 4 is 40.9 Å². The van der Waals surface area contributed by atoms with Crippen LogP contribution in [0.5, 0.6) is 5.75 Å². The van der Waals surface area contributed by atoms with E-state index in [2.05, 4.69) is 5.32 Å². The third-order valence-corrected chi connectivity index (χ3v) is 5.80. The minimum atomic E-state index is -0.557. The fraction of sp³-hybridized carbons (Fsp3) is 0.286. The number of hydrogen-bond donors (Lipinski definition) is 1. The molecule has 0 spiro atoms. The summed E-state index contributed by atoms with van der Waals surface area (Å²) >= 11 is 1.19. The lowest BCUT2D eigenvalue weighted by Gasteiger charge is -2.15. The summed E-state index contributed by atoms with van der Waals surface area (Å²) in [7, 11) is 1.55. The Bertz CT molecular complexity index is 891. The highest BCUT2D eigenvalue weighted by atomic mass is 32.2. The zero-order chi connectivity index (χ0) is 20.3. The van der Waals surface area contributed by atoms with E-state index in [0.29, 0.717) is 11.4 Å². The second-order valence-electron chi connectivity index (χ2n) is 6.58. The Morgan fingerprint density at radius 2 is 1.79 bits per heavy atom. The van der Waals surface area contributed by atoms with Gasteiger partial charge in [0.25, 0.3) is 0 Å². The lowest BCUT2D eigenvalue weighted by molar-refractivity contribution is -0.121. The Morgan fingerprint density at radius 1 is 1.14 bits per heavy atom. The lowest BCUT2D eigenvalue weighted by Crippen LogP contribution is -2.31. The van der Waals surface area contributed by atoms with Gasteiger partial charge in [-0.1, -0.05) is 18.2 Å². The van der Waals surface area contributed by atoms with Crippen LogP contribution < -0.4 is 15.0 Å². The molecule has 1 fully saturated rings. The first-order valence-corrected chi connectivity index (χ1v) is 9.94. The first-order chi connectivity index (χ1) is 13.4. The molecule has 1 saturated heterocycles. The lowest BCUT2D eigenvalue weighted by atomic mass is 10.1. The first kappa shape index (κ1) is 19.9. The molecule has 1 unspecified atom stereocenters. The van der Waals surface area contributed by atoms with Gasteiger partial charge in [0.1, 0.15) is 5.75 Å². The SMILES string of the molecule is COc1ccc(N2C(=O)CC(SCC(=O)Nc3c(C)cccc3C)C2=O)cc1. The van der Waals surface area contributed by atoms with Crippen molar-refractivity contribution in [3.8, 4) is 5.75 Å². The molecule has 0 aliphatic carbocycles. The van der Waals surface area contributed by atoms with Crippen molar-refractivity contribution in [2.45, 2.75) is 25.5 Å². The van der Waals surface area contributed by atoms with Crippen molar-refractivity contribution in [1.82, 2.24) is 0 Å².